The number of phenolic OH excluding ortho intramolecular Hbond substituents is 4. The van der Waals surface area contributed by atoms with Crippen LogP contribution in [-0.2, 0) is 23.7 Å². The number of fused-ring (bicyclic) bond motifs is 1. The molecular formula is C37H38O19. The van der Waals surface area contributed by atoms with Crippen molar-refractivity contribution in [3.05, 3.63) is 76.5 Å². The van der Waals surface area contributed by atoms with E-state index in [-0.39, 0.29) is 39.5 Å². The Hall–Kier alpha value is -5.48. The number of aliphatic hydroxyl groups excluding tert-OH is 6. The van der Waals surface area contributed by atoms with Crippen molar-refractivity contribution in [3.8, 4) is 45.8 Å². The van der Waals surface area contributed by atoms with E-state index in [1.807, 2.05) is 0 Å². The molecule has 0 amide bonds. The van der Waals surface area contributed by atoms with Crippen LogP contribution in [0.4, 0.5) is 0 Å². The van der Waals surface area contributed by atoms with Gasteiger partial charge in [-0.1, -0.05) is 6.07 Å². The molecule has 10 atom stereocenters. The van der Waals surface area contributed by atoms with Crippen LogP contribution in [0.1, 0.15) is 5.56 Å². The highest BCUT2D eigenvalue weighted by Gasteiger charge is 2.53. The molecule has 0 bridgehead atoms. The van der Waals surface area contributed by atoms with Crippen molar-refractivity contribution >= 4 is 23.0 Å². The molecule has 0 aliphatic carbocycles. The summed E-state index contributed by atoms with van der Waals surface area (Å²) in [5.41, 5.74) is -0.265. The second-order valence-corrected chi connectivity index (χ2v) is 12.8. The molecule has 10 N–H and O–H groups in total. The molecule has 3 heterocycles. The highest BCUT2D eigenvalue weighted by Crippen LogP contribution is 2.37. The van der Waals surface area contributed by atoms with E-state index in [9.17, 15) is 60.7 Å². The number of esters is 1. The van der Waals surface area contributed by atoms with Crippen molar-refractivity contribution in [1.29, 1.82) is 0 Å². The van der Waals surface area contributed by atoms with Crippen LogP contribution in [0.2, 0.25) is 0 Å². The van der Waals surface area contributed by atoms with Gasteiger partial charge in [-0.15, -0.1) is 0 Å². The monoisotopic (exact) mass is 786 g/mol. The van der Waals surface area contributed by atoms with Crippen LogP contribution in [0, 0.1) is 0 Å². The first-order valence-corrected chi connectivity index (χ1v) is 16.9. The molecule has 0 saturated carbocycles. The van der Waals surface area contributed by atoms with Gasteiger partial charge in [-0.25, -0.2) is 4.79 Å². The van der Waals surface area contributed by atoms with Crippen LogP contribution in [0.25, 0.3) is 28.4 Å². The van der Waals surface area contributed by atoms with E-state index in [2.05, 4.69) is 0 Å². The maximum absolute atomic E-state index is 13.1. The van der Waals surface area contributed by atoms with E-state index in [4.69, 9.17) is 32.8 Å². The van der Waals surface area contributed by atoms with Crippen molar-refractivity contribution in [2.24, 2.45) is 0 Å². The van der Waals surface area contributed by atoms with Crippen molar-refractivity contribution < 1.29 is 88.7 Å². The van der Waals surface area contributed by atoms with Crippen LogP contribution in [0.5, 0.6) is 34.5 Å². The Bertz CT molecular complexity index is 2130. The van der Waals surface area contributed by atoms with Crippen LogP contribution >= 0.6 is 0 Å². The molecule has 19 nitrogen and oxygen atoms in total. The maximum Gasteiger partial charge on any atom is 0.331 e. The van der Waals surface area contributed by atoms with Gasteiger partial charge in [-0.05, 0) is 42.0 Å². The lowest BCUT2D eigenvalue weighted by atomic mass is 9.97. The number of carbonyl (C=O) groups is 1. The summed E-state index contributed by atoms with van der Waals surface area (Å²) in [5.74, 6) is -2.93. The Kier molecular flexibility index (Phi) is 12.0. The molecule has 0 radical (unpaired) electrons. The number of methoxy groups -OCH3 is 1. The summed E-state index contributed by atoms with van der Waals surface area (Å²) in [6.45, 7) is -1.69. The SMILES string of the molecule is COc1cc(-c2cc(=O)c3c(O)cc(O[C@@H]4O[C@H](CO)[C@@H](O)[C@H](O)[C@H]4O[C@@H]4O[C@H](CO)[C@@H](O)[C@H](O)[C@H]4OC(=O)/C=C/c4ccc(O)c(O)c4)cc3o2)ccc1O. The molecule has 2 saturated heterocycles. The Morgan fingerprint density at radius 3 is 2.07 bits per heavy atom. The Balaban J connectivity index is 1.30. The lowest BCUT2D eigenvalue weighted by Gasteiger charge is -2.46. The van der Waals surface area contributed by atoms with Crippen LogP contribution in [-0.4, -0.2) is 139 Å². The van der Waals surface area contributed by atoms with E-state index in [1.54, 1.807) is 0 Å². The van der Waals surface area contributed by atoms with E-state index in [0.29, 0.717) is 5.56 Å². The van der Waals surface area contributed by atoms with Gasteiger partial charge in [0.25, 0.3) is 0 Å². The van der Waals surface area contributed by atoms with Gasteiger partial charge in [0.15, 0.2) is 46.9 Å². The number of aromatic hydroxyl groups is 4. The zero-order valence-electron chi connectivity index (χ0n) is 29.2. The molecule has 6 rings (SSSR count). The van der Waals surface area contributed by atoms with Crippen molar-refractivity contribution in [2.75, 3.05) is 20.3 Å². The van der Waals surface area contributed by atoms with Crippen LogP contribution < -0.4 is 14.9 Å². The van der Waals surface area contributed by atoms with Gasteiger partial charge in [0.1, 0.15) is 64.9 Å². The van der Waals surface area contributed by atoms with Gasteiger partial charge < -0.3 is 83.9 Å². The minimum Gasteiger partial charge on any atom is -0.507 e. The van der Waals surface area contributed by atoms with Crippen LogP contribution in [0.3, 0.4) is 0 Å². The molecular weight excluding hydrogens is 748 g/mol. The van der Waals surface area contributed by atoms with Gasteiger partial charge in [0.05, 0.1) is 20.3 Å². The summed E-state index contributed by atoms with van der Waals surface area (Å²) < 4.78 is 39.6. The average Bonchev–Trinajstić information content (AvgIpc) is 3.17. The molecule has 56 heavy (non-hydrogen) atoms. The fourth-order valence-corrected chi connectivity index (χ4v) is 6.14. The topological polar surface area (TPSA) is 305 Å². The second kappa shape index (κ2) is 16.7. The van der Waals surface area contributed by atoms with Gasteiger partial charge in [-0.3, -0.25) is 4.79 Å². The third-order valence-corrected chi connectivity index (χ3v) is 9.10. The van der Waals surface area contributed by atoms with Gasteiger partial charge in [0.2, 0.25) is 6.29 Å². The zero-order valence-corrected chi connectivity index (χ0v) is 29.2. The highest BCUT2D eigenvalue weighted by molar-refractivity contribution is 5.87. The Labute approximate surface area is 315 Å². The number of hydrogen-bond acceptors (Lipinski definition) is 19. The molecule has 300 valence electrons. The number of benzene rings is 3. The third kappa shape index (κ3) is 8.21. The summed E-state index contributed by atoms with van der Waals surface area (Å²) >= 11 is 0. The minimum atomic E-state index is -1.96. The van der Waals surface area contributed by atoms with Crippen molar-refractivity contribution in [1.82, 2.24) is 0 Å². The van der Waals surface area contributed by atoms with E-state index in [1.165, 1.54) is 49.6 Å². The lowest BCUT2D eigenvalue weighted by molar-refractivity contribution is -0.358. The number of carbonyl (C=O) groups excluding carboxylic acids is 1. The largest absolute Gasteiger partial charge is 0.507 e. The van der Waals surface area contributed by atoms with E-state index < -0.39 is 103 Å². The van der Waals surface area contributed by atoms with E-state index in [0.717, 1.165) is 24.3 Å². The fraction of sp³-hybridized carbons (Fsp3) is 0.351. The molecule has 0 unspecified atom stereocenters. The number of aliphatic hydroxyl groups is 6. The lowest BCUT2D eigenvalue weighted by Crippen LogP contribution is -2.65. The molecule has 0 spiro atoms. The molecule has 2 aliphatic rings. The number of rotatable bonds is 11. The summed E-state index contributed by atoms with van der Waals surface area (Å²) in [5, 5.41) is 103. The maximum atomic E-state index is 13.1. The molecule has 2 aliphatic heterocycles. The van der Waals surface area contributed by atoms with Gasteiger partial charge in [-0.2, -0.15) is 0 Å². The number of phenols is 4. The average molecular weight is 787 g/mol. The van der Waals surface area contributed by atoms with Gasteiger partial charge in [0, 0.05) is 29.8 Å². The molecule has 3 aromatic carbocycles. The van der Waals surface area contributed by atoms with Crippen LogP contribution in [0.15, 0.2) is 69.9 Å². The number of hydrogen-bond donors (Lipinski definition) is 10. The predicted molar refractivity (Wildman–Crippen MR) is 188 cm³/mol. The first kappa shape index (κ1) is 40.2. The standard InChI is InChI=1S/C37H38O19/c1-50-24-9-16(4-6-19(24)41)23-12-22(44)29-21(43)10-17(11-25(29)52-23)51-36-35(33(49)31(47)26(13-38)53-36)56-37-34(32(48)30(46)27(14-39)54-37)55-28(45)7-3-15-2-5-18(40)20(42)8-15/h2-12,26-27,30-43,46-49H,13-14H2,1H3/b7-3+/t26-,27-,30-,31-,32+,33+,34-,35-,36-,37+/m1/s1. The molecule has 4 aromatic rings. The van der Waals surface area contributed by atoms with Gasteiger partial charge >= 0.3 is 5.97 Å². The smallest absolute Gasteiger partial charge is 0.331 e. The first-order chi connectivity index (χ1) is 26.7. The summed E-state index contributed by atoms with van der Waals surface area (Å²) in [6, 6.07) is 11.2. The first-order valence-electron chi connectivity index (χ1n) is 16.9. The Morgan fingerprint density at radius 2 is 1.41 bits per heavy atom. The zero-order chi connectivity index (χ0) is 40.4. The molecule has 1 aromatic heterocycles. The minimum absolute atomic E-state index is 0.0108. The third-order valence-electron chi connectivity index (χ3n) is 9.10. The molecule has 19 heteroatoms. The normalized spacial score (nSPS) is 28.0. The molecule has 2 fully saturated rings. The predicted octanol–water partition coefficient (Wildman–Crippen LogP) is -0.442. The van der Waals surface area contributed by atoms with Crippen molar-refractivity contribution in [2.45, 2.75) is 61.4 Å². The Morgan fingerprint density at radius 1 is 0.750 bits per heavy atom. The van der Waals surface area contributed by atoms with E-state index >= 15 is 0 Å². The summed E-state index contributed by atoms with van der Waals surface area (Å²) in [7, 11) is 1.33. The summed E-state index contributed by atoms with van der Waals surface area (Å²) in [4.78, 5) is 26.0. The quantitative estimate of drug-likeness (QED) is 0.0523. The highest BCUT2D eigenvalue weighted by atomic mass is 16.8. The summed E-state index contributed by atoms with van der Waals surface area (Å²) in [6.07, 6.45) is -15.8. The number of ether oxygens (including phenoxy) is 6. The van der Waals surface area contributed by atoms with Crippen molar-refractivity contribution in [3.63, 3.8) is 0 Å². The fourth-order valence-electron chi connectivity index (χ4n) is 6.14. The second-order valence-electron chi connectivity index (χ2n) is 12.8.